The van der Waals surface area contributed by atoms with Crippen molar-refractivity contribution in [3.8, 4) is 0 Å². The molecule has 0 radical (unpaired) electrons. The summed E-state index contributed by atoms with van der Waals surface area (Å²) in [5, 5.41) is 0.168. The minimum atomic E-state index is -3.63. The van der Waals surface area contributed by atoms with Gasteiger partial charge in [0.15, 0.2) is 0 Å². The molecule has 1 aliphatic heterocycles. The molecule has 0 spiro atoms. The standard InChI is InChI=1S/C14H19ClN2O4S/c1-3-16-6-8-17(9-7-16)22(19,20)11-4-5-13(15)12(10-11)14(18)21-2/h4-5,10H,3,6-9H2,1-2H3. The minimum absolute atomic E-state index is 0.0532. The van der Waals surface area contributed by atoms with E-state index >= 15 is 0 Å². The zero-order valence-corrected chi connectivity index (χ0v) is 14.2. The molecule has 0 amide bonds. The minimum Gasteiger partial charge on any atom is -0.465 e. The molecule has 6 nitrogen and oxygen atoms in total. The molecule has 0 aromatic heterocycles. The van der Waals surface area contributed by atoms with Crippen molar-refractivity contribution >= 4 is 27.6 Å². The second-order valence-corrected chi connectivity index (χ2v) is 7.32. The van der Waals surface area contributed by atoms with Gasteiger partial charge in [-0.2, -0.15) is 4.31 Å². The smallest absolute Gasteiger partial charge is 0.339 e. The maximum atomic E-state index is 12.7. The second kappa shape index (κ2) is 6.95. The van der Waals surface area contributed by atoms with Crippen molar-refractivity contribution in [1.29, 1.82) is 0 Å². The highest BCUT2D eigenvalue weighted by atomic mass is 35.5. The first-order chi connectivity index (χ1) is 10.4. The van der Waals surface area contributed by atoms with Crippen molar-refractivity contribution < 1.29 is 17.9 Å². The van der Waals surface area contributed by atoms with Crippen LogP contribution >= 0.6 is 11.6 Å². The van der Waals surface area contributed by atoms with Crippen LogP contribution < -0.4 is 0 Å². The molecule has 1 aromatic carbocycles. The first kappa shape index (κ1) is 17.2. The number of benzene rings is 1. The molecule has 1 aromatic rings. The lowest BCUT2D eigenvalue weighted by Gasteiger charge is -2.33. The summed E-state index contributed by atoms with van der Waals surface area (Å²) in [5.41, 5.74) is 0.0532. The highest BCUT2D eigenvalue weighted by Gasteiger charge is 2.29. The molecule has 0 saturated carbocycles. The fraction of sp³-hybridized carbons (Fsp3) is 0.500. The zero-order chi connectivity index (χ0) is 16.3. The monoisotopic (exact) mass is 346 g/mol. The van der Waals surface area contributed by atoms with E-state index in [2.05, 4.69) is 9.64 Å². The molecule has 0 atom stereocenters. The third-order valence-corrected chi connectivity index (χ3v) is 5.98. The van der Waals surface area contributed by atoms with Gasteiger partial charge in [-0.1, -0.05) is 18.5 Å². The SMILES string of the molecule is CCN1CCN(S(=O)(=O)c2ccc(Cl)c(C(=O)OC)c2)CC1. The Morgan fingerprint density at radius 2 is 1.91 bits per heavy atom. The van der Waals surface area contributed by atoms with E-state index in [4.69, 9.17) is 11.6 Å². The van der Waals surface area contributed by atoms with E-state index in [1.54, 1.807) is 0 Å². The number of sulfonamides is 1. The fourth-order valence-corrected chi connectivity index (χ4v) is 4.01. The summed E-state index contributed by atoms with van der Waals surface area (Å²) in [6.45, 7) is 5.23. The predicted octanol–water partition coefficient (Wildman–Crippen LogP) is 1.45. The Hall–Kier alpha value is -1.15. The number of halogens is 1. The normalized spacial score (nSPS) is 17.4. The summed E-state index contributed by atoms with van der Waals surface area (Å²) in [6.07, 6.45) is 0. The van der Waals surface area contributed by atoms with E-state index < -0.39 is 16.0 Å². The van der Waals surface area contributed by atoms with Crippen molar-refractivity contribution in [3.63, 3.8) is 0 Å². The van der Waals surface area contributed by atoms with Gasteiger partial charge in [0.25, 0.3) is 0 Å². The summed E-state index contributed by atoms with van der Waals surface area (Å²) < 4.78 is 31.4. The summed E-state index contributed by atoms with van der Waals surface area (Å²) in [4.78, 5) is 13.9. The van der Waals surface area contributed by atoms with Crippen LogP contribution in [0.15, 0.2) is 23.1 Å². The van der Waals surface area contributed by atoms with Gasteiger partial charge in [0.2, 0.25) is 10.0 Å². The van der Waals surface area contributed by atoms with Gasteiger partial charge in [0, 0.05) is 26.2 Å². The highest BCUT2D eigenvalue weighted by Crippen LogP contribution is 2.24. The number of nitrogens with zero attached hydrogens (tertiary/aromatic N) is 2. The van der Waals surface area contributed by atoms with E-state index in [0.717, 1.165) is 6.54 Å². The molecule has 1 saturated heterocycles. The van der Waals surface area contributed by atoms with Crippen LogP contribution in [0.2, 0.25) is 5.02 Å². The van der Waals surface area contributed by atoms with Gasteiger partial charge in [-0.25, -0.2) is 13.2 Å². The van der Waals surface area contributed by atoms with E-state index in [0.29, 0.717) is 26.2 Å². The molecule has 1 fully saturated rings. The predicted molar refractivity (Wildman–Crippen MR) is 83.7 cm³/mol. The lowest BCUT2D eigenvalue weighted by molar-refractivity contribution is 0.0600. The quantitative estimate of drug-likeness (QED) is 0.772. The van der Waals surface area contributed by atoms with E-state index in [9.17, 15) is 13.2 Å². The van der Waals surface area contributed by atoms with Crippen molar-refractivity contribution in [3.05, 3.63) is 28.8 Å². The summed E-state index contributed by atoms with van der Waals surface area (Å²) in [6, 6.07) is 4.09. The van der Waals surface area contributed by atoms with Crippen LogP contribution in [0, 0.1) is 0 Å². The van der Waals surface area contributed by atoms with Gasteiger partial charge in [0.1, 0.15) is 0 Å². The molecular weight excluding hydrogens is 328 g/mol. The van der Waals surface area contributed by atoms with E-state index in [1.165, 1.54) is 29.6 Å². The number of ether oxygens (including phenoxy) is 1. The maximum absolute atomic E-state index is 12.7. The zero-order valence-electron chi connectivity index (χ0n) is 12.6. The molecule has 22 heavy (non-hydrogen) atoms. The van der Waals surface area contributed by atoms with Gasteiger partial charge in [-0.15, -0.1) is 0 Å². The molecule has 0 N–H and O–H groups in total. The van der Waals surface area contributed by atoms with Crippen LogP contribution in [0.1, 0.15) is 17.3 Å². The summed E-state index contributed by atoms with van der Waals surface area (Å²) >= 11 is 5.93. The van der Waals surface area contributed by atoms with Crippen molar-refractivity contribution in [2.45, 2.75) is 11.8 Å². The Balaban J connectivity index is 2.28. The molecule has 8 heteroatoms. The molecule has 122 valence electrons. The van der Waals surface area contributed by atoms with Gasteiger partial charge in [-0.3, -0.25) is 0 Å². The summed E-state index contributed by atoms with van der Waals surface area (Å²) in [7, 11) is -2.41. The molecule has 2 rings (SSSR count). The number of hydrogen-bond acceptors (Lipinski definition) is 5. The van der Waals surface area contributed by atoms with Gasteiger partial charge >= 0.3 is 5.97 Å². The van der Waals surface area contributed by atoms with E-state index in [1.807, 2.05) is 6.92 Å². The van der Waals surface area contributed by atoms with E-state index in [-0.39, 0.29) is 15.5 Å². The largest absolute Gasteiger partial charge is 0.465 e. The Bertz CT molecular complexity index is 655. The maximum Gasteiger partial charge on any atom is 0.339 e. The Morgan fingerprint density at radius 3 is 2.45 bits per heavy atom. The topological polar surface area (TPSA) is 66.9 Å². The third kappa shape index (κ3) is 3.43. The first-order valence-corrected chi connectivity index (χ1v) is 8.82. The number of carbonyl (C=O) groups excluding carboxylic acids is 1. The molecule has 1 heterocycles. The number of hydrogen-bond donors (Lipinski definition) is 0. The Labute approximate surface area is 135 Å². The number of likely N-dealkylation sites (N-methyl/N-ethyl adjacent to an activating group) is 1. The van der Waals surface area contributed by atoms with Gasteiger partial charge < -0.3 is 9.64 Å². The fourth-order valence-electron chi connectivity index (χ4n) is 2.37. The molecule has 0 aliphatic carbocycles. The highest BCUT2D eigenvalue weighted by molar-refractivity contribution is 7.89. The van der Waals surface area contributed by atoms with Crippen molar-refractivity contribution in [2.24, 2.45) is 0 Å². The average Bonchev–Trinajstić information content (AvgIpc) is 2.54. The van der Waals surface area contributed by atoms with Crippen LogP contribution in [0.25, 0.3) is 0 Å². The van der Waals surface area contributed by atoms with Crippen molar-refractivity contribution in [1.82, 2.24) is 9.21 Å². The lowest BCUT2D eigenvalue weighted by atomic mass is 10.2. The molecule has 0 unspecified atom stereocenters. The average molecular weight is 347 g/mol. The number of esters is 1. The first-order valence-electron chi connectivity index (χ1n) is 7.00. The van der Waals surface area contributed by atoms with Crippen LogP contribution in [0.5, 0.6) is 0 Å². The van der Waals surface area contributed by atoms with Crippen LogP contribution in [-0.2, 0) is 14.8 Å². The van der Waals surface area contributed by atoms with Crippen LogP contribution in [0.3, 0.4) is 0 Å². The Kier molecular flexibility index (Phi) is 5.44. The number of piperazine rings is 1. The lowest BCUT2D eigenvalue weighted by Crippen LogP contribution is -2.48. The second-order valence-electron chi connectivity index (χ2n) is 4.97. The Morgan fingerprint density at radius 1 is 1.27 bits per heavy atom. The number of methoxy groups -OCH3 is 1. The van der Waals surface area contributed by atoms with Gasteiger partial charge in [0.05, 0.1) is 22.6 Å². The number of carbonyl (C=O) groups is 1. The number of rotatable bonds is 4. The van der Waals surface area contributed by atoms with Gasteiger partial charge in [-0.05, 0) is 24.7 Å². The summed E-state index contributed by atoms with van der Waals surface area (Å²) in [5.74, 6) is -0.655. The molecule has 1 aliphatic rings. The van der Waals surface area contributed by atoms with Crippen molar-refractivity contribution in [2.75, 3.05) is 39.8 Å². The van der Waals surface area contributed by atoms with Crippen LogP contribution in [0.4, 0.5) is 0 Å². The molecular formula is C14H19ClN2O4S. The third-order valence-electron chi connectivity index (χ3n) is 3.76. The molecule has 0 bridgehead atoms. The van der Waals surface area contributed by atoms with Crippen LogP contribution in [-0.4, -0.2) is 63.4 Å².